The molecule has 26 heavy (non-hydrogen) atoms. The molecule has 0 unspecified atom stereocenters. The van der Waals surface area contributed by atoms with Crippen molar-refractivity contribution in [2.75, 3.05) is 32.5 Å². The molecule has 1 N–H and O–H groups in total. The molecular weight excluding hydrogens is 372 g/mol. The molecule has 9 heteroatoms. The molecule has 0 atom stereocenters. The van der Waals surface area contributed by atoms with E-state index in [1.54, 1.807) is 0 Å². The van der Waals surface area contributed by atoms with Gasteiger partial charge in [-0.05, 0) is 30.8 Å². The van der Waals surface area contributed by atoms with Crippen LogP contribution in [0.25, 0.3) is 0 Å². The summed E-state index contributed by atoms with van der Waals surface area (Å²) in [4.78, 5) is 20.6. The number of carbonyl (C=O) groups excluding carboxylic acids is 1. The van der Waals surface area contributed by atoms with E-state index < -0.39 is 10.0 Å². The second kappa shape index (κ2) is 7.43. The Hall–Kier alpha value is -1.81. The number of nitrogens with zero attached hydrogens (tertiary/aromatic N) is 3. The highest BCUT2D eigenvalue weighted by atomic mass is 32.2. The second-order valence-corrected chi connectivity index (χ2v) is 9.51. The van der Waals surface area contributed by atoms with E-state index in [-0.39, 0.29) is 10.8 Å². The number of fused-ring (bicyclic) bond motifs is 1. The summed E-state index contributed by atoms with van der Waals surface area (Å²) in [5, 5.41) is 3.41. The Labute approximate surface area is 157 Å². The predicted octanol–water partition coefficient (Wildman–Crippen LogP) is 2.02. The van der Waals surface area contributed by atoms with Gasteiger partial charge in [0, 0.05) is 44.0 Å². The van der Waals surface area contributed by atoms with Crippen molar-refractivity contribution >= 4 is 32.4 Å². The van der Waals surface area contributed by atoms with Gasteiger partial charge in [-0.15, -0.1) is 11.3 Å². The Morgan fingerprint density at radius 1 is 1.31 bits per heavy atom. The highest BCUT2D eigenvalue weighted by molar-refractivity contribution is 7.89. The third kappa shape index (κ3) is 3.80. The van der Waals surface area contributed by atoms with Crippen LogP contribution in [0.1, 0.15) is 27.9 Å². The van der Waals surface area contributed by atoms with Gasteiger partial charge in [0.1, 0.15) is 0 Å². The van der Waals surface area contributed by atoms with Crippen LogP contribution < -0.4 is 5.32 Å². The number of amides is 1. The van der Waals surface area contributed by atoms with Crippen molar-refractivity contribution in [2.24, 2.45) is 0 Å². The lowest BCUT2D eigenvalue weighted by Crippen LogP contribution is -2.29. The Morgan fingerprint density at radius 3 is 2.62 bits per heavy atom. The van der Waals surface area contributed by atoms with Crippen molar-refractivity contribution in [3.05, 3.63) is 40.4 Å². The molecule has 0 aliphatic carbocycles. The molecule has 7 nitrogen and oxygen atoms in total. The molecule has 0 saturated carbocycles. The van der Waals surface area contributed by atoms with Gasteiger partial charge in [0.05, 0.1) is 10.6 Å². The van der Waals surface area contributed by atoms with E-state index in [4.69, 9.17) is 0 Å². The third-order valence-electron chi connectivity index (χ3n) is 4.37. The fourth-order valence-corrected chi connectivity index (χ4v) is 4.68. The van der Waals surface area contributed by atoms with Crippen molar-refractivity contribution in [2.45, 2.75) is 24.8 Å². The smallest absolute Gasteiger partial charge is 0.257 e. The zero-order valence-corrected chi connectivity index (χ0v) is 16.7. The fraction of sp³-hybridized carbons (Fsp3) is 0.412. The monoisotopic (exact) mass is 394 g/mol. The van der Waals surface area contributed by atoms with Gasteiger partial charge in [-0.25, -0.2) is 17.7 Å². The van der Waals surface area contributed by atoms with Crippen molar-refractivity contribution in [1.29, 1.82) is 0 Å². The number of hydrogen-bond donors (Lipinski definition) is 1. The summed E-state index contributed by atoms with van der Waals surface area (Å²) in [7, 11) is -0.557. The van der Waals surface area contributed by atoms with E-state index in [2.05, 4.69) is 22.1 Å². The Bertz CT molecular complexity index is 905. The van der Waals surface area contributed by atoms with Crippen molar-refractivity contribution in [1.82, 2.24) is 14.2 Å². The van der Waals surface area contributed by atoms with E-state index in [0.717, 1.165) is 36.1 Å². The van der Waals surface area contributed by atoms with Crippen LogP contribution in [-0.2, 0) is 23.0 Å². The second-order valence-electron chi connectivity index (χ2n) is 6.27. The number of hydrogen-bond acceptors (Lipinski definition) is 6. The van der Waals surface area contributed by atoms with E-state index >= 15 is 0 Å². The number of anilines is 1. The molecule has 0 bridgehead atoms. The van der Waals surface area contributed by atoms with Crippen molar-refractivity contribution < 1.29 is 13.2 Å². The Morgan fingerprint density at radius 2 is 2.00 bits per heavy atom. The standard InChI is InChI=1S/C17H22N4O3S2/c1-4-21-10-9-14-15(11-21)25-17(18-14)19-16(22)12-5-7-13(8-6-12)26(23,24)20(2)3/h5-8H,4,9-11H2,1-3H3,(H,18,19,22). The minimum atomic E-state index is -3.50. The van der Waals surface area contributed by atoms with Gasteiger partial charge in [0.2, 0.25) is 10.0 Å². The fourth-order valence-electron chi connectivity index (χ4n) is 2.73. The molecule has 1 aromatic carbocycles. The first-order valence-electron chi connectivity index (χ1n) is 8.36. The maximum Gasteiger partial charge on any atom is 0.257 e. The van der Waals surface area contributed by atoms with Crippen LogP contribution in [0, 0.1) is 0 Å². The van der Waals surface area contributed by atoms with E-state index in [1.807, 2.05) is 0 Å². The van der Waals surface area contributed by atoms with Gasteiger partial charge >= 0.3 is 0 Å². The van der Waals surface area contributed by atoms with Crippen LogP contribution in [0.4, 0.5) is 5.13 Å². The number of rotatable bonds is 5. The molecule has 1 aromatic heterocycles. The average Bonchev–Trinajstić information content (AvgIpc) is 3.02. The van der Waals surface area contributed by atoms with Gasteiger partial charge in [-0.3, -0.25) is 15.0 Å². The lowest BCUT2D eigenvalue weighted by Gasteiger charge is -2.23. The number of benzene rings is 1. The SMILES string of the molecule is CCN1CCc2nc(NC(=O)c3ccc(S(=O)(=O)N(C)C)cc3)sc2C1. The van der Waals surface area contributed by atoms with Crippen molar-refractivity contribution in [3.8, 4) is 0 Å². The molecule has 0 saturated heterocycles. The van der Waals surface area contributed by atoms with Gasteiger partial charge in [-0.1, -0.05) is 6.92 Å². The average molecular weight is 395 g/mol. The number of thiazole rings is 1. The molecule has 2 heterocycles. The predicted molar refractivity (Wildman–Crippen MR) is 102 cm³/mol. The van der Waals surface area contributed by atoms with Crippen LogP contribution in [0.5, 0.6) is 0 Å². The van der Waals surface area contributed by atoms with Crippen LogP contribution in [0.3, 0.4) is 0 Å². The molecule has 140 valence electrons. The highest BCUT2D eigenvalue weighted by Crippen LogP contribution is 2.28. The molecule has 0 spiro atoms. The van der Waals surface area contributed by atoms with Gasteiger partial charge in [-0.2, -0.15) is 0 Å². The first kappa shape index (κ1) is 19.0. The molecule has 1 aliphatic rings. The minimum absolute atomic E-state index is 0.156. The zero-order valence-electron chi connectivity index (χ0n) is 15.0. The minimum Gasteiger partial charge on any atom is -0.298 e. The van der Waals surface area contributed by atoms with Crippen molar-refractivity contribution in [3.63, 3.8) is 0 Å². The maximum absolute atomic E-state index is 12.4. The first-order valence-corrected chi connectivity index (χ1v) is 10.6. The van der Waals surface area contributed by atoms with Gasteiger partial charge < -0.3 is 0 Å². The number of likely N-dealkylation sites (N-methyl/N-ethyl adjacent to an activating group) is 1. The summed E-state index contributed by atoms with van der Waals surface area (Å²) < 4.78 is 25.3. The quantitative estimate of drug-likeness (QED) is 0.839. The third-order valence-corrected chi connectivity index (χ3v) is 7.20. The summed E-state index contributed by atoms with van der Waals surface area (Å²) in [5.74, 6) is -0.294. The van der Waals surface area contributed by atoms with Gasteiger partial charge in [0.15, 0.2) is 5.13 Å². The van der Waals surface area contributed by atoms with E-state index in [0.29, 0.717) is 10.7 Å². The number of sulfonamides is 1. The molecule has 1 amide bonds. The number of nitrogens with one attached hydrogen (secondary N) is 1. The molecule has 2 aromatic rings. The van der Waals surface area contributed by atoms with E-state index in [9.17, 15) is 13.2 Å². The Kier molecular flexibility index (Phi) is 5.42. The summed E-state index contributed by atoms with van der Waals surface area (Å²) in [6.45, 7) is 5.00. The molecule has 3 rings (SSSR count). The normalized spacial score (nSPS) is 15.1. The largest absolute Gasteiger partial charge is 0.298 e. The lowest BCUT2D eigenvalue weighted by atomic mass is 10.2. The summed E-state index contributed by atoms with van der Waals surface area (Å²) in [6, 6.07) is 5.91. The molecule has 0 fully saturated rings. The molecule has 1 aliphatic heterocycles. The van der Waals surface area contributed by atoms with Crippen LogP contribution in [0.15, 0.2) is 29.2 Å². The summed E-state index contributed by atoms with van der Waals surface area (Å²) >= 11 is 1.50. The summed E-state index contributed by atoms with van der Waals surface area (Å²) in [6.07, 6.45) is 0.895. The zero-order chi connectivity index (χ0) is 18.9. The van der Waals surface area contributed by atoms with E-state index in [1.165, 1.54) is 54.6 Å². The Balaban J connectivity index is 1.72. The topological polar surface area (TPSA) is 82.6 Å². The molecule has 0 radical (unpaired) electrons. The van der Waals surface area contributed by atoms with Gasteiger partial charge in [0.25, 0.3) is 5.91 Å². The first-order chi connectivity index (χ1) is 12.3. The van der Waals surface area contributed by atoms with Crippen LogP contribution in [0.2, 0.25) is 0 Å². The number of aromatic nitrogens is 1. The number of carbonyl (C=O) groups is 1. The summed E-state index contributed by atoms with van der Waals surface area (Å²) in [5.41, 5.74) is 1.45. The van der Waals surface area contributed by atoms with Crippen LogP contribution in [-0.4, -0.2) is 55.7 Å². The maximum atomic E-state index is 12.4. The lowest BCUT2D eigenvalue weighted by molar-refractivity contribution is 0.102. The van der Waals surface area contributed by atoms with Crippen LogP contribution >= 0.6 is 11.3 Å². The molecular formula is C17H22N4O3S2. The highest BCUT2D eigenvalue weighted by Gasteiger charge is 2.21.